The van der Waals surface area contributed by atoms with Crippen LogP contribution in [0.1, 0.15) is 38.5 Å². The maximum atomic E-state index is 11.8. The van der Waals surface area contributed by atoms with Crippen molar-refractivity contribution in [2.75, 3.05) is 13.7 Å². The van der Waals surface area contributed by atoms with Crippen LogP contribution < -0.4 is 11.1 Å². The molecule has 0 aromatic rings. The van der Waals surface area contributed by atoms with Gasteiger partial charge in [0.05, 0.1) is 6.10 Å². The van der Waals surface area contributed by atoms with Crippen molar-refractivity contribution in [3.8, 4) is 0 Å². The Bertz CT molecular complexity index is 252. The number of hydrogen-bond donors (Lipinski definition) is 2. The molecule has 4 heteroatoms. The van der Waals surface area contributed by atoms with E-state index in [2.05, 4.69) is 5.32 Å². The van der Waals surface area contributed by atoms with Gasteiger partial charge in [-0.1, -0.05) is 6.42 Å². The molecular formula is C12H22N2O2. The first-order valence-corrected chi connectivity index (χ1v) is 6.20. The Kier molecular flexibility index (Phi) is 3.50. The number of hydrogen-bond acceptors (Lipinski definition) is 3. The monoisotopic (exact) mass is 226 g/mol. The molecule has 0 bridgehead atoms. The summed E-state index contributed by atoms with van der Waals surface area (Å²) in [5.41, 5.74) is 5.86. The zero-order chi connectivity index (χ0) is 11.6. The largest absolute Gasteiger partial charge is 0.381 e. The van der Waals surface area contributed by atoms with E-state index in [0.29, 0.717) is 25.1 Å². The molecule has 0 aromatic heterocycles. The molecule has 3 N–H and O–H groups in total. The Labute approximate surface area is 96.9 Å². The fourth-order valence-electron chi connectivity index (χ4n) is 2.63. The molecule has 0 aromatic carbocycles. The molecule has 0 heterocycles. The number of ether oxygens (including phenoxy) is 1. The topological polar surface area (TPSA) is 64.3 Å². The van der Waals surface area contributed by atoms with Crippen LogP contribution in [0.5, 0.6) is 0 Å². The van der Waals surface area contributed by atoms with Crippen molar-refractivity contribution in [1.82, 2.24) is 5.32 Å². The minimum Gasteiger partial charge on any atom is -0.381 e. The van der Waals surface area contributed by atoms with Gasteiger partial charge in [0, 0.05) is 19.6 Å². The first kappa shape index (κ1) is 11.9. The van der Waals surface area contributed by atoms with Crippen molar-refractivity contribution in [2.24, 2.45) is 11.1 Å². The van der Waals surface area contributed by atoms with E-state index < -0.39 is 0 Å². The van der Waals surface area contributed by atoms with Gasteiger partial charge in [0.25, 0.3) is 0 Å². The van der Waals surface area contributed by atoms with E-state index in [-0.39, 0.29) is 11.3 Å². The Balaban J connectivity index is 1.69. The van der Waals surface area contributed by atoms with Crippen molar-refractivity contribution in [3.05, 3.63) is 0 Å². The Hall–Kier alpha value is -0.610. The predicted octanol–water partition coefficient (Wildman–Crippen LogP) is 0.799. The molecule has 2 saturated carbocycles. The third kappa shape index (κ3) is 2.38. The lowest BCUT2D eigenvalue weighted by Crippen LogP contribution is -2.50. The zero-order valence-corrected chi connectivity index (χ0v) is 10.00. The van der Waals surface area contributed by atoms with Crippen LogP contribution in [0.4, 0.5) is 0 Å². The van der Waals surface area contributed by atoms with E-state index in [0.717, 1.165) is 25.7 Å². The third-order valence-corrected chi connectivity index (χ3v) is 4.18. The molecule has 0 spiro atoms. The van der Waals surface area contributed by atoms with Crippen molar-refractivity contribution in [3.63, 3.8) is 0 Å². The summed E-state index contributed by atoms with van der Waals surface area (Å²) in [6.07, 6.45) is 6.31. The molecule has 0 aliphatic heterocycles. The molecule has 1 amide bonds. The molecule has 2 fully saturated rings. The summed E-state index contributed by atoms with van der Waals surface area (Å²) in [6.45, 7) is 0.645. The fraction of sp³-hybridized carbons (Fsp3) is 0.917. The molecule has 0 radical (unpaired) electrons. The molecule has 92 valence electrons. The quantitative estimate of drug-likeness (QED) is 0.728. The van der Waals surface area contributed by atoms with Crippen LogP contribution in [-0.4, -0.2) is 31.7 Å². The second kappa shape index (κ2) is 4.72. The highest BCUT2D eigenvalue weighted by atomic mass is 16.5. The van der Waals surface area contributed by atoms with E-state index >= 15 is 0 Å². The molecule has 2 rings (SSSR count). The fourth-order valence-corrected chi connectivity index (χ4v) is 2.63. The second-order valence-corrected chi connectivity index (χ2v) is 5.33. The predicted molar refractivity (Wildman–Crippen MR) is 61.9 cm³/mol. The average Bonchev–Trinajstić information content (AvgIpc) is 2.16. The van der Waals surface area contributed by atoms with Crippen LogP contribution in [0.15, 0.2) is 0 Å². The van der Waals surface area contributed by atoms with Crippen LogP contribution in [0.3, 0.4) is 0 Å². The van der Waals surface area contributed by atoms with Crippen LogP contribution in [0, 0.1) is 5.41 Å². The van der Waals surface area contributed by atoms with Crippen molar-refractivity contribution in [1.29, 1.82) is 0 Å². The Morgan fingerprint density at radius 3 is 2.62 bits per heavy atom. The standard InChI is InChI=1S/C12H22N2O2/c1-16-10-5-9(6-10)14-11(15)7-12(8-13)3-2-4-12/h9-10H,2-8,13H2,1H3,(H,14,15). The summed E-state index contributed by atoms with van der Waals surface area (Å²) >= 11 is 0. The average molecular weight is 226 g/mol. The summed E-state index contributed by atoms with van der Waals surface area (Å²) in [4.78, 5) is 11.8. The summed E-state index contributed by atoms with van der Waals surface area (Å²) in [5, 5.41) is 3.06. The molecule has 2 aliphatic carbocycles. The minimum absolute atomic E-state index is 0.120. The van der Waals surface area contributed by atoms with E-state index in [1.165, 1.54) is 6.42 Å². The van der Waals surface area contributed by atoms with Gasteiger partial charge in [-0.3, -0.25) is 4.79 Å². The van der Waals surface area contributed by atoms with Crippen molar-refractivity contribution < 1.29 is 9.53 Å². The zero-order valence-electron chi connectivity index (χ0n) is 10.00. The number of rotatable bonds is 5. The van der Waals surface area contributed by atoms with E-state index in [1.54, 1.807) is 7.11 Å². The van der Waals surface area contributed by atoms with Gasteiger partial charge in [0.15, 0.2) is 0 Å². The van der Waals surface area contributed by atoms with Gasteiger partial charge in [0.2, 0.25) is 5.91 Å². The number of nitrogens with two attached hydrogens (primary N) is 1. The first-order chi connectivity index (χ1) is 7.67. The van der Waals surface area contributed by atoms with Gasteiger partial charge in [-0.15, -0.1) is 0 Å². The number of carbonyl (C=O) groups excluding carboxylic acids is 1. The summed E-state index contributed by atoms with van der Waals surface area (Å²) in [5.74, 6) is 0.171. The summed E-state index contributed by atoms with van der Waals surface area (Å²) < 4.78 is 5.18. The maximum absolute atomic E-state index is 11.8. The normalized spacial score (nSPS) is 31.4. The first-order valence-electron chi connectivity index (χ1n) is 6.20. The molecule has 4 nitrogen and oxygen atoms in total. The summed E-state index contributed by atoms with van der Waals surface area (Å²) in [6, 6.07) is 0.326. The lowest BCUT2D eigenvalue weighted by Gasteiger charge is -2.41. The molecule has 16 heavy (non-hydrogen) atoms. The number of methoxy groups -OCH3 is 1. The van der Waals surface area contributed by atoms with Crippen molar-refractivity contribution >= 4 is 5.91 Å². The molecule has 0 saturated heterocycles. The van der Waals surface area contributed by atoms with Crippen molar-refractivity contribution in [2.45, 2.75) is 50.7 Å². The van der Waals surface area contributed by atoms with E-state index in [9.17, 15) is 4.79 Å². The lowest BCUT2D eigenvalue weighted by atomic mass is 9.66. The van der Waals surface area contributed by atoms with Crippen LogP contribution in [0.25, 0.3) is 0 Å². The smallest absolute Gasteiger partial charge is 0.220 e. The number of carbonyl (C=O) groups is 1. The third-order valence-electron chi connectivity index (χ3n) is 4.18. The van der Waals surface area contributed by atoms with Crippen LogP contribution in [0.2, 0.25) is 0 Å². The van der Waals surface area contributed by atoms with Gasteiger partial charge in [0.1, 0.15) is 0 Å². The minimum atomic E-state index is 0.120. The lowest BCUT2D eigenvalue weighted by molar-refractivity contribution is -0.127. The number of nitrogens with one attached hydrogen (secondary N) is 1. The highest BCUT2D eigenvalue weighted by Gasteiger charge is 2.38. The van der Waals surface area contributed by atoms with Crippen LogP contribution in [-0.2, 0) is 9.53 Å². The van der Waals surface area contributed by atoms with Gasteiger partial charge >= 0.3 is 0 Å². The van der Waals surface area contributed by atoms with Gasteiger partial charge < -0.3 is 15.8 Å². The number of amides is 1. The Morgan fingerprint density at radius 2 is 2.19 bits per heavy atom. The molecule has 2 aliphatic rings. The summed E-state index contributed by atoms with van der Waals surface area (Å²) in [7, 11) is 1.72. The van der Waals surface area contributed by atoms with Gasteiger partial charge in [-0.25, -0.2) is 0 Å². The van der Waals surface area contributed by atoms with E-state index in [1.807, 2.05) is 0 Å². The Morgan fingerprint density at radius 1 is 1.50 bits per heavy atom. The molecule has 0 unspecified atom stereocenters. The highest BCUT2D eigenvalue weighted by molar-refractivity contribution is 5.77. The van der Waals surface area contributed by atoms with Crippen LogP contribution >= 0.6 is 0 Å². The van der Waals surface area contributed by atoms with E-state index in [4.69, 9.17) is 10.5 Å². The molecule has 0 atom stereocenters. The SMILES string of the molecule is COC1CC(NC(=O)CC2(CN)CCC2)C1. The maximum Gasteiger partial charge on any atom is 0.220 e. The highest BCUT2D eigenvalue weighted by Crippen LogP contribution is 2.42. The second-order valence-electron chi connectivity index (χ2n) is 5.33. The van der Waals surface area contributed by atoms with Gasteiger partial charge in [-0.05, 0) is 37.6 Å². The molecular weight excluding hydrogens is 204 g/mol. The van der Waals surface area contributed by atoms with Gasteiger partial charge in [-0.2, -0.15) is 0 Å².